The molecule has 0 saturated carbocycles. The molecule has 10 heteroatoms. The summed E-state index contributed by atoms with van der Waals surface area (Å²) in [5, 5.41) is 0. The van der Waals surface area contributed by atoms with E-state index in [9.17, 15) is 18.0 Å². The van der Waals surface area contributed by atoms with Crippen LogP contribution >= 0.6 is 11.3 Å². The molecular formula is C24H29N3O5S2. The molecule has 0 aliphatic carbocycles. The topological polar surface area (TPSA) is 98.0 Å². The second kappa shape index (κ2) is 11.1. The van der Waals surface area contributed by atoms with Crippen LogP contribution in [0.3, 0.4) is 0 Å². The van der Waals surface area contributed by atoms with Gasteiger partial charge in [0.2, 0.25) is 10.0 Å². The number of carbonyl (C=O) groups excluding carboxylic acids is 2. The molecule has 3 rings (SSSR count). The monoisotopic (exact) mass is 503 g/mol. The van der Waals surface area contributed by atoms with Crippen molar-refractivity contribution in [1.82, 2.24) is 8.87 Å². The van der Waals surface area contributed by atoms with E-state index in [2.05, 4.69) is 11.9 Å². The van der Waals surface area contributed by atoms with Crippen molar-refractivity contribution < 1.29 is 22.7 Å². The maximum Gasteiger partial charge on any atom is 0.325 e. The second-order valence-electron chi connectivity index (χ2n) is 7.82. The highest BCUT2D eigenvalue weighted by molar-refractivity contribution is 7.89. The molecule has 0 spiro atoms. The first kappa shape index (κ1) is 25.8. The molecule has 0 radical (unpaired) electrons. The van der Waals surface area contributed by atoms with Gasteiger partial charge >= 0.3 is 5.97 Å². The third kappa shape index (κ3) is 5.63. The van der Waals surface area contributed by atoms with Crippen molar-refractivity contribution in [2.24, 2.45) is 4.99 Å². The number of esters is 1. The van der Waals surface area contributed by atoms with Crippen molar-refractivity contribution in [1.29, 1.82) is 0 Å². The van der Waals surface area contributed by atoms with Gasteiger partial charge < -0.3 is 9.30 Å². The standard InChI is InChI=1S/C24H29N3O5S2/c1-5-7-14-26(3)34(30,31)19-11-9-18(10-12-19)23(29)25-24-27(16-22(28)32-4)20-13-8-17(6-2)15-21(20)33-24/h8-13,15H,5-7,14,16H2,1-4H3. The van der Waals surface area contributed by atoms with Crippen LogP contribution in [0.4, 0.5) is 0 Å². The summed E-state index contributed by atoms with van der Waals surface area (Å²) >= 11 is 1.31. The average molecular weight is 504 g/mol. The van der Waals surface area contributed by atoms with Crippen molar-refractivity contribution in [3.05, 3.63) is 58.4 Å². The molecule has 1 amide bonds. The van der Waals surface area contributed by atoms with Crippen molar-refractivity contribution >= 4 is 43.5 Å². The van der Waals surface area contributed by atoms with Crippen molar-refractivity contribution in [3.63, 3.8) is 0 Å². The molecule has 2 aromatic carbocycles. The Morgan fingerprint density at radius 1 is 1.12 bits per heavy atom. The summed E-state index contributed by atoms with van der Waals surface area (Å²) in [5.74, 6) is -0.973. The first-order valence-corrected chi connectivity index (χ1v) is 13.3. The molecule has 0 aliphatic rings. The predicted molar refractivity (Wildman–Crippen MR) is 132 cm³/mol. The molecule has 0 N–H and O–H groups in total. The number of ether oxygens (including phenoxy) is 1. The molecule has 0 fully saturated rings. The number of carbonyl (C=O) groups is 2. The Hall–Kier alpha value is -2.82. The van der Waals surface area contributed by atoms with E-state index < -0.39 is 21.9 Å². The average Bonchev–Trinajstić information content (AvgIpc) is 3.17. The van der Waals surface area contributed by atoms with E-state index in [0.29, 0.717) is 11.3 Å². The number of rotatable bonds is 9. The number of aryl methyl sites for hydroxylation is 1. The number of unbranched alkanes of at least 4 members (excludes halogenated alkanes) is 1. The highest BCUT2D eigenvalue weighted by Crippen LogP contribution is 2.20. The van der Waals surface area contributed by atoms with Crippen molar-refractivity contribution in [2.45, 2.75) is 44.6 Å². The van der Waals surface area contributed by atoms with Crippen LogP contribution in [0.15, 0.2) is 52.4 Å². The molecule has 1 heterocycles. The van der Waals surface area contributed by atoms with Gasteiger partial charge in [-0.15, -0.1) is 0 Å². The lowest BCUT2D eigenvalue weighted by molar-refractivity contribution is -0.141. The normalized spacial score (nSPS) is 12.4. The predicted octanol–water partition coefficient (Wildman–Crippen LogP) is 3.60. The zero-order valence-electron chi connectivity index (χ0n) is 19.8. The van der Waals surface area contributed by atoms with E-state index in [1.54, 1.807) is 11.6 Å². The van der Waals surface area contributed by atoms with Crippen LogP contribution in [0, 0.1) is 0 Å². The molecule has 0 atom stereocenters. The van der Waals surface area contributed by atoms with E-state index >= 15 is 0 Å². The number of fused-ring (bicyclic) bond motifs is 1. The van der Waals surface area contributed by atoms with Gasteiger partial charge in [-0.25, -0.2) is 12.7 Å². The van der Waals surface area contributed by atoms with Gasteiger partial charge in [-0.3, -0.25) is 9.59 Å². The largest absolute Gasteiger partial charge is 0.468 e. The van der Waals surface area contributed by atoms with Gasteiger partial charge in [-0.2, -0.15) is 4.99 Å². The summed E-state index contributed by atoms with van der Waals surface area (Å²) < 4.78 is 34.1. The second-order valence-corrected chi connectivity index (χ2v) is 10.9. The Labute approximate surface area is 203 Å². The third-order valence-corrected chi connectivity index (χ3v) is 8.42. The number of hydrogen-bond acceptors (Lipinski definition) is 6. The Balaban J connectivity index is 1.96. The molecule has 34 heavy (non-hydrogen) atoms. The summed E-state index contributed by atoms with van der Waals surface area (Å²) in [6.07, 6.45) is 2.52. The molecule has 0 bridgehead atoms. The van der Waals surface area contributed by atoms with Gasteiger partial charge in [0.05, 0.1) is 22.2 Å². The number of aromatic nitrogens is 1. The lowest BCUT2D eigenvalue weighted by Gasteiger charge is -2.16. The van der Waals surface area contributed by atoms with Crippen LogP contribution in [0.5, 0.6) is 0 Å². The van der Waals surface area contributed by atoms with Crippen LogP contribution in [-0.2, 0) is 32.5 Å². The maximum atomic E-state index is 12.9. The minimum atomic E-state index is -3.62. The molecule has 1 aromatic heterocycles. The number of nitrogens with zero attached hydrogens (tertiary/aromatic N) is 3. The quantitative estimate of drug-likeness (QED) is 0.416. The van der Waals surface area contributed by atoms with Crippen molar-refractivity contribution in [2.75, 3.05) is 20.7 Å². The Bertz CT molecular complexity index is 1360. The number of amides is 1. The van der Waals surface area contributed by atoms with E-state index in [1.165, 1.54) is 47.0 Å². The highest BCUT2D eigenvalue weighted by atomic mass is 32.2. The first-order valence-electron chi connectivity index (χ1n) is 11.1. The Kier molecular flexibility index (Phi) is 8.40. The zero-order chi connectivity index (χ0) is 24.9. The highest BCUT2D eigenvalue weighted by Gasteiger charge is 2.20. The smallest absolute Gasteiger partial charge is 0.325 e. The van der Waals surface area contributed by atoms with Crippen LogP contribution in [-0.4, -0.2) is 49.9 Å². The summed E-state index contributed by atoms with van der Waals surface area (Å²) in [7, 11) is -0.766. The molecule has 182 valence electrons. The number of benzene rings is 2. The summed E-state index contributed by atoms with van der Waals surface area (Å²) in [6.45, 7) is 4.41. The van der Waals surface area contributed by atoms with Gasteiger partial charge in [0.25, 0.3) is 5.91 Å². The summed E-state index contributed by atoms with van der Waals surface area (Å²) in [4.78, 5) is 29.6. The Morgan fingerprint density at radius 3 is 2.44 bits per heavy atom. The summed E-state index contributed by atoms with van der Waals surface area (Å²) in [5.41, 5.74) is 2.18. The summed E-state index contributed by atoms with van der Waals surface area (Å²) in [6, 6.07) is 11.7. The van der Waals surface area contributed by atoms with E-state index in [0.717, 1.165) is 35.0 Å². The first-order chi connectivity index (χ1) is 16.2. The molecular weight excluding hydrogens is 474 g/mol. The number of hydrogen-bond donors (Lipinski definition) is 0. The number of thiazole rings is 1. The molecule has 0 unspecified atom stereocenters. The third-order valence-electron chi connectivity index (χ3n) is 5.50. The van der Waals surface area contributed by atoms with Gasteiger partial charge in [-0.1, -0.05) is 37.7 Å². The lowest BCUT2D eigenvalue weighted by atomic mass is 10.2. The molecule has 0 saturated heterocycles. The van der Waals surface area contributed by atoms with Crippen LogP contribution in [0.2, 0.25) is 0 Å². The van der Waals surface area contributed by atoms with Gasteiger partial charge in [0.1, 0.15) is 6.54 Å². The van der Waals surface area contributed by atoms with Crippen LogP contribution < -0.4 is 4.80 Å². The van der Waals surface area contributed by atoms with Crippen LogP contribution in [0.25, 0.3) is 10.2 Å². The maximum absolute atomic E-state index is 12.9. The number of sulfonamides is 1. The van der Waals surface area contributed by atoms with E-state index in [1.807, 2.05) is 25.1 Å². The minimum absolute atomic E-state index is 0.0740. The minimum Gasteiger partial charge on any atom is -0.468 e. The fourth-order valence-electron chi connectivity index (χ4n) is 3.37. The fraction of sp³-hybridized carbons (Fsp3) is 0.375. The molecule has 3 aromatic rings. The van der Waals surface area contributed by atoms with Crippen molar-refractivity contribution in [3.8, 4) is 0 Å². The van der Waals surface area contributed by atoms with E-state index in [-0.39, 0.29) is 17.0 Å². The SMILES string of the molecule is CCCCN(C)S(=O)(=O)c1ccc(C(=O)N=c2sc3cc(CC)ccc3n2CC(=O)OC)cc1. The van der Waals surface area contributed by atoms with Gasteiger partial charge in [0.15, 0.2) is 4.80 Å². The van der Waals surface area contributed by atoms with Gasteiger partial charge in [-0.05, 0) is 54.8 Å². The van der Waals surface area contributed by atoms with Crippen LogP contribution in [0.1, 0.15) is 42.6 Å². The molecule has 0 aliphatic heterocycles. The Morgan fingerprint density at radius 2 is 1.82 bits per heavy atom. The number of methoxy groups -OCH3 is 1. The molecule has 8 nitrogen and oxygen atoms in total. The zero-order valence-corrected chi connectivity index (χ0v) is 21.4. The van der Waals surface area contributed by atoms with E-state index in [4.69, 9.17) is 4.74 Å². The fourth-order valence-corrected chi connectivity index (χ4v) is 5.67. The van der Waals surface area contributed by atoms with Gasteiger partial charge in [0, 0.05) is 19.2 Å². The lowest BCUT2D eigenvalue weighted by Crippen LogP contribution is -2.27.